The number of carbonyl (C=O) groups excluding carboxylic acids is 1. The molecule has 4 rings (SSSR count). The first kappa shape index (κ1) is 22.7. The molecule has 2 heterocycles. The van der Waals surface area contributed by atoms with Crippen LogP contribution in [-0.2, 0) is 25.4 Å². The van der Waals surface area contributed by atoms with Gasteiger partial charge < -0.3 is 18.8 Å². The molecule has 1 aliphatic heterocycles. The van der Waals surface area contributed by atoms with Crippen LogP contribution < -0.4 is 10.2 Å². The topological polar surface area (TPSA) is 79.8 Å². The van der Waals surface area contributed by atoms with Crippen LogP contribution in [0.15, 0.2) is 30.6 Å². The molecule has 0 unspecified atom stereocenters. The summed E-state index contributed by atoms with van der Waals surface area (Å²) in [7, 11) is -0.579. The molecular weight excluding hydrogens is 414 g/mol. The minimum Gasteiger partial charge on any atom is -0.472 e. The van der Waals surface area contributed by atoms with E-state index in [9.17, 15) is 9.18 Å². The number of ether oxygens (including phenoxy) is 2. The van der Waals surface area contributed by atoms with E-state index in [1.165, 1.54) is 12.3 Å². The van der Waals surface area contributed by atoms with Crippen LogP contribution >= 0.6 is 0 Å². The third-order valence-corrected chi connectivity index (χ3v) is 6.38. The van der Waals surface area contributed by atoms with E-state index in [1.54, 1.807) is 25.3 Å². The van der Waals surface area contributed by atoms with E-state index in [4.69, 9.17) is 18.8 Å². The van der Waals surface area contributed by atoms with Gasteiger partial charge in [-0.1, -0.05) is 12.1 Å². The molecule has 1 aliphatic carbocycles. The Morgan fingerprint density at radius 1 is 1.19 bits per heavy atom. The van der Waals surface area contributed by atoms with Crippen LogP contribution in [0.5, 0.6) is 5.88 Å². The van der Waals surface area contributed by atoms with Crippen LogP contribution in [-0.4, -0.2) is 40.9 Å². The van der Waals surface area contributed by atoms with Crippen LogP contribution in [0.1, 0.15) is 58.2 Å². The average Bonchev–Trinajstić information content (AvgIpc) is 3.50. The molecule has 0 N–H and O–H groups in total. The highest BCUT2D eigenvalue weighted by molar-refractivity contribution is 6.62. The van der Waals surface area contributed by atoms with Gasteiger partial charge in [0.25, 0.3) is 0 Å². The minimum atomic E-state index is -0.579. The number of hydrogen-bond acceptors (Lipinski definition) is 7. The van der Waals surface area contributed by atoms with E-state index in [0.717, 1.165) is 11.2 Å². The Kier molecular flexibility index (Phi) is 5.98. The summed E-state index contributed by atoms with van der Waals surface area (Å²) in [5, 5.41) is 0. The maximum absolute atomic E-state index is 14.4. The summed E-state index contributed by atoms with van der Waals surface area (Å²) in [5.74, 6) is -0.419. The van der Waals surface area contributed by atoms with Gasteiger partial charge in [-0.15, -0.1) is 0 Å². The summed E-state index contributed by atoms with van der Waals surface area (Å²) < 4.78 is 37.2. The number of aromatic nitrogens is 2. The van der Waals surface area contributed by atoms with Crippen molar-refractivity contribution in [3.8, 4) is 5.88 Å². The molecule has 0 radical (unpaired) electrons. The predicted molar refractivity (Wildman–Crippen MR) is 116 cm³/mol. The molecule has 2 fully saturated rings. The highest BCUT2D eigenvalue weighted by atomic mass is 19.1. The van der Waals surface area contributed by atoms with Gasteiger partial charge in [0.2, 0.25) is 5.88 Å². The number of rotatable bonds is 7. The first-order chi connectivity index (χ1) is 15.1. The first-order valence-corrected chi connectivity index (χ1v) is 10.9. The van der Waals surface area contributed by atoms with Gasteiger partial charge in [-0.3, -0.25) is 9.78 Å². The fourth-order valence-electron chi connectivity index (χ4n) is 3.61. The molecule has 7 nitrogen and oxygen atoms in total. The molecule has 170 valence electrons. The maximum atomic E-state index is 14.4. The van der Waals surface area contributed by atoms with Gasteiger partial charge in [-0.05, 0) is 52.6 Å². The van der Waals surface area contributed by atoms with Gasteiger partial charge in [-0.2, -0.15) is 0 Å². The quantitative estimate of drug-likeness (QED) is 0.482. The van der Waals surface area contributed by atoms with Gasteiger partial charge in [0.15, 0.2) is 0 Å². The van der Waals surface area contributed by atoms with Crippen molar-refractivity contribution in [1.29, 1.82) is 0 Å². The highest BCUT2D eigenvalue weighted by Gasteiger charge is 2.51. The second-order valence-electron chi connectivity index (χ2n) is 9.21. The lowest BCUT2D eigenvalue weighted by Crippen LogP contribution is -2.41. The van der Waals surface area contributed by atoms with Crippen molar-refractivity contribution in [2.75, 3.05) is 6.61 Å². The molecule has 1 saturated carbocycles. The Morgan fingerprint density at radius 2 is 1.91 bits per heavy atom. The Balaban J connectivity index is 1.38. The summed E-state index contributed by atoms with van der Waals surface area (Å²) in [6.45, 7) is 10.0. The van der Waals surface area contributed by atoms with Gasteiger partial charge in [0.1, 0.15) is 12.4 Å². The molecule has 2 aromatic rings. The molecular formula is C23H28BFN2O5. The Bertz CT molecular complexity index is 982. The van der Waals surface area contributed by atoms with Crippen LogP contribution in [0.25, 0.3) is 0 Å². The van der Waals surface area contributed by atoms with E-state index >= 15 is 0 Å². The monoisotopic (exact) mass is 442 g/mol. The third-order valence-electron chi connectivity index (χ3n) is 6.38. The lowest BCUT2D eigenvalue weighted by atomic mass is 9.78. The Labute approximate surface area is 187 Å². The predicted octanol–water partition coefficient (Wildman–Crippen LogP) is 3.16. The fraction of sp³-hybridized carbons (Fsp3) is 0.522. The molecule has 32 heavy (non-hydrogen) atoms. The Hall–Kier alpha value is -2.52. The molecule has 1 aromatic heterocycles. The number of halogens is 1. The van der Waals surface area contributed by atoms with Crippen molar-refractivity contribution in [3.05, 3.63) is 47.7 Å². The van der Waals surface area contributed by atoms with E-state index in [2.05, 4.69) is 9.97 Å². The van der Waals surface area contributed by atoms with Crippen LogP contribution in [0.4, 0.5) is 4.39 Å². The maximum Gasteiger partial charge on any atom is 0.494 e. The molecule has 0 spiro atoms. The largest absolute Gasteiger partial charge is 0.494 e. The van der Waals surface area contributed by atoms with E-state index in [-0.39, 0.29) is 36.1 Å². The van der Waals surface area contributed by atoms with E-state index in [1.807, 2.05) is 27.7 Å². The number of nitrogens with zero attached hydrogens (tertiary/aromatic N) is 2. The van der Waals surface area contributed by atoms with Crippen LogP contribution in [0, 0.1) is 11.7 Å². The van der Waals surface area contributed by atoms with Gasteiger partial charge in [-0.25, -0.2) is 9.37 Å². The van der Waals surface area contributed by atoms with Gasteiger partial charge in [0.05, 0.1) is 41.8 Å². The zero-order chi connectivity index (χ0) is 23.1. The average molecular weight is 442 g/mol. The minimum absolute atomic E-state index is 0.0118. The summed E-state index contributed by atoms with van der Waals surface area (Å²) in [6, 6.07) is 4.73. The lowest BCUT2D eigenvalue weighted by molar-refractivity contribution is -0.144. The fourth-order valence-corrected chi connectivity index (χ4v) is 3.61. The number of esters is 1. The molecule has 9 heteroatoms. The zero-order valence-corrected chi connectivity index (χ0v) is 19.1. The van der Waals surface area contributed by atoms with Crippen molar-refractivity contribution in [2.24, 2.45) is 5.92 Å². The van der Waals surface area contributed by atoms with Crippen LogP contribution in [0.3, 0.4) is 0 Å². The standard InChI is InChI=1S/C23H28BFN2O5/c1-6-29-21(28)17-10-16(17)19-11-27-20(12-26-19)30-13-14-9-15(7-8-18(14)25)24-31-22(2,3)23(4,5)32-24/h7-9,11-12,16-17H,6,10,13H2,1-5H3/t16-,17-/m0/s1. The molecule has 1 aromatic carbocycles. The van der Waals surface area contributed by atoms with Crippen molar-refractivity contribution >= 4 is 18.6 Å². The second kappa shape index (κ2) is 8.44. The molecule has 0 bridgehead atoms. The molecule has 2 aliphatic rings. The number of hydrogen-bond donors (Lipinski definition) is 0. The molecule has 1 saturated heterocycles. The smallest absolute Gasteiger partial charge is 0.472 e. The number of carbonyl (C=O) groups is 1. The van der Waals surface area contributed by atoms with E-state index in [0.29, 0.717) is 18.6 Å². The summed E-state index contributed by atoms with van der Waals surface area (Å²) in [6.07, 6.45) is 3.80. The number of benzene rings is 1. The van der Waals surface area contributed by atoms with Crippen molar-refractivity contribution in [2.45, 2.75) is 64.8 Å². The molecule has 0 amide bonds. The van der Waals surface area contributed by atoms with Crippen molar-refractivity contribution in [1.82, 2.24) is 9.97 Å². The zero-order valence-electron chi connectivity index (χ0n) is 19.1. The third kappa shape index (κ3) is 4.50. The molecule has 2 atom stereocenters. The van der Waals surface area contributed by atoms with Gasteiger partial charge >= 0.3 is 13.1 Å². The van der Waals surface area contributed by atoms with Crippen LogP contribution in [0.2, 0.25) is 0 Å². The lowest BCUT2D eigenvalue weighted by Gasteiger charge is -2.32. The summed E-state index contributed by atoms with van der Waals surface area (Å²) >= 11 is 0. The normalized spacial score (nSPS) is 23.1. The second-order valence-corrected chi connectivity index (χ2v) is 9.21. The van der Waals surface area contributed by atoms with E-state index < -0.39 is 18.3 Å². The van der Waals surface area contributed by atoms with Gasteiger partial charge in [0, 0.05) is 11.5 Å². The summed E-state index contributed by atoms with van der Waals surface area (Å²) in [4.78, 5) is 20.4. The highest BCUT2D eigenvalue weighted by Crippen LogP contribution is 2.47. The first-order valence-electron chi connectivity index (χ1n) is 10.9. The van der Waals surface area contributed by atoms with Crippen molar-refractivity contribution < 1.29 is 28.0 Å². The Morgan fingerprint density at radius 3 is 2.53 bits per heavy atom. The summed E-state index contributed by atoms with van der Waals surface area (Å²) in [5.41, 5.74) is 0.864. The van der Waals surface area contributed by atoms with Crippen molar-refractivity contribution in [3.63, 3.8) is 0 Å². The SMILES string of the molecule is CCOC(=O)[C@H]1C[C@@H]1c1cnc(OCc2cc(B3OC(C)(C)C(C)(C)O3)ccc2F)cn1.